The molecule has 2 aliphatic heterocycles. The SMILES string of the molecule is CCC(NC(=O)C1CN(C(=O)Cc2c[nH]c3cc(Cl)ccc23)CC2CN(C(=O)c3ccc(OC(C)C)c(OC)c3)CC21)C(=O)O. The van der Waals surface area contributed by atoms with Gasteiger partial charge in [0.15, 0.2) is 11.5 Å². The number of carboxylic acid groups (broad SMARTS) is 1. The maximum atomic E-state index is 13.7. The summed E-state index contributed by atoms with van der Waals surface area (Å²) in [5.41, 5.74) is 2.06. The van der Waals surface area contributed by atoms with E-state index in [1.807, 2.05) is 19.9 Å². The largest absolute Gasteiger partial charge is 0.493 e. The van der Waals surface area contributed by atoms with Crippen LogP contribution in [0.5, 0.6) is 11.5 Å². The number of nitrogens with one attached hydrogen (secondary N) is 2. The number of fused-ring (bicyclic) bond motifs is 2. The van der Waals surface area contributed by atoms with Crippen LogP contribution in [-0.4, -0.2) is 89.0 Å². The summed E-state index contributed by atoms with van der Waals surface area (Å²) in [6, 6.07) is 9.45. The molecule has 0 spiro atoms. The molecule has 0 saturated carbocycles. The molecule has 2 saturated heterocycles. The third-order valence-corrected chi connectivity index (χ3v) is 8.96. The number of aromatic amines is 1. The number of rotatable bonds is 10. The molecule has 12 heteroatoms. The van der Waals surface area contributed by atoms with Crippen LogP contribution in [0.25, 0.3) is 10.9 Å². The Morgan fingerprint density at radius 1 is 1.04 bits per heavy atom. The van der Waals surface area contributed by atoms with Crippen molar-refractivity contribution in [3.05, 3.63) is 58.7 Å². The predicted molar refractivity (Wildman–Crippen MR) is 169 cm³/mol. The Balaban J connectivity index is 1.37. The lowest BCUT2D eigenvalue weighted by Crippen LogP contribution is -2.55. The average Bonchev–Trinajstić information content (AvgIpc) is 3.62. The topological polar surface area (TPSA) is 141 Å². The van der Waals surface area contributed by atoms with Crippen molar-refractivity contribution >= 4 is 46.2 Å². The van der Waals surface area contributed by atoms with Crippen molar-refractivity contribution in [2.24, 2.45) is 17.8 Å². The standard InChI is InChI=1S/C33H39ClN4O7/c1-5-26(33(42)43)36-31(40)25-17-37(30(39)11-20-13-35-27-12-22(34)7-8-23(20)27)14-21-15-38(16-24(21)25)32(41)19-6-9-28(45-18(2)3)29(10-19)44-4/h6-10,12-13,18,21,24-26,35H,5,11,14-17H2,1-4H3,(H,36,40)(H,42,43). The van der Waals surface area contributed by atoms with Crippen molar-refractivity contribution < 1.29 is 33.8 Å². The third kappa shape index (κ3) is 6.88. The molecule has 3 N–H and O–H groups in total. The minimum atomic E-state index is -1.12. The summed E-state index contributed by atoms with van der Waals surface area (Å²) >= 11 is 6.12. The van der Waals surface area contributed by atoms with Gasteiger partial charge in [-0.25, -0.2) is 4.79 Å². The van der Waals surface area contributed by atoms with Crippen LogP contribution < -0.4 is 14.8 Å². The van der Waals surface area contributed by atoms with Crippen LogP contribution in [-0.2, 0) is 20.8 Å². The zero-order valence-electron chi connectivity index (χ0n) is 25.8. The van der Waals surface area contributed by atoms with Crippen LogP contribution in [0.15, 0.2) is 42.6 Å². The molecule has 3 heterocycles. The van der Waals surface area contributed by atoms with E-state index in [0.29, 0.717) is 41.7 Å². The molecule has 4 atom stereocenters. The molecular weight excluding hydrogens is 600 g/mol. The van der Waals surface area contributed by atoms with E-state index in [2.05, 4.69) is 10.3 Å². The van der Waals surface area contributed by atoms with E-state index in [0.717, 1.165) is 16.5 Å². The highest BCUT2D eigenvalue weighted by atomic mass is 35.5. The first-order chi connectivity index (χ1) is 21.5. The van der Waals surface area contributed by atoms with E-state index in [1.165, 1.54) is 7.11 Å². The number of hydrogen-bond donors (Lipinski definition) is 3. The van der Waals surface area contributed by atoms with Gasteiger partial charge in [0.1, 0.15) is 6.04 Å². The first-order valence-electron chi connectivity index (χ1n) is 15.2. The van der Waals surface area contributed by atoms with Gasteiger partial charge < -0.3 is 34.7 Å². The molecule has 4 unspecified atom stereocenters. The quantitative estimate of drug-likeness (QED) is 0.305. The number of halogens is 1. The molecule has 11 nitrogen and oxygen atoms in total. The Hall–Kier alpha value is -4.25. The summed E-state index contributed by atoms with van der Waals surface area (Å²) in [5, 5.41) is 13.7. The number of piperidine rings is 1. The van der Waals surface area contributed by atoms with Gasteiger partial charge >= 0.3 is 5.97 Å². The third-order valence-electron chi connectivity index (χ3n) is 8.72. The summed E-state index contributed by atoms with van der Waals surface area (Å²) in [5.74, 6) is -2.03. The highest BCUT2D eigenvalue weighted by molar-refractivity contribution is 6.31. The molecule has 2 fully saturated rings. The number of carbonyl (C=O) groups is 4. The normalized spacial score (nSPS) is 20.2. The van der Waals surface area contributed by atoms with E-state index in [1.54, 1.807) is 53.3 Å². The van der Waals surface area contributed by atoms with Crippen molar-refractivity contribution in [2.75, 3.05) is 33.3 Å². The molecule has 5 rings (SSSR count). The summed E-state index contributed by atoms with van der Waals surface area (Å²) in [6.45, 7) is 6.67. The van der Waals surface area contributed by atoms with Gasteiger partial charge in [-0.15, -0.1) is 0 Å². The Labute approximate surface area is 266 Å². The number of benzene rings is 2. The maximum absolute atomic E-state index is 13.7. The number of H-pyrrole nitrogens is 1. The average molecular weight is 639 g/mol. The molecular formula is C33H39ClN4O7. The predicted octanol–water partition coefficient (Wildman–Crippen LogP) is 3.99. The number of aromatic nitrogens is 1. The lowest BCUT2D eigenvalue weighted by Gasteiger charge is -2.39. The first-order valence-corrected chi connectivity index (χ1v) is 15.6. The minimum absolute atomic E-state index is 0.0706. The second-order valence-corrected chi connectivity index (χ2v) is 12.5. The number of hydrogen-bond acceptors (Lipinski definition) is 6. The van der Waals surface area contributed by atoms with Crippen molar-refractivity contribution in [3.8, 4) is 11.5 Å². The zero-order chi connectivity index (χ0) is 32.4. The van der Waals surface area contributed by atoms with Gasteiger partial charge in [-0.1, -0.05) is 24.6 Å². The van der Waals surface area contributed by atoms with Crippen molar-refractivity contribution in [3.63, 3.8) is 0 Å². The highest BCUT2D eigenvalue weighted by Crippen LogP contribution is 2.38. The number of carbonyl (C=O) groups excluding carboxylic acids is 3. The number of aliphatic carboxylic acids is 1. The number of carboxylic acids is 1. The number of amides is 3. The van der Waals surface area contributed by atoms with E-state index in [4.69, 9.17) is 21.1 Å². The molecule has 0 aliphatic carbocycles. The molecule has 3 aromatic rings. The fraction of sp³-hybridized carbons (Fsp3) is 0.455. The first kappa shape index (κ1) is 32.2. The second-order valence-electron chi connectivity index (χ2n) is 12.1. The van der Waals surface area contributed by atoms with E-state index in [-0.39, 0.29) is 49.1 Å². The number of nitrogens with zero attached hydrogens (tertiary/aromatic N) is 2. The summed E-state index contributed by atoms with van der Waals surface area (Å²) in [6.07, 6.45) is 2.06. The molecule has 45 heavy (non-hydrogen) atoms. The van der Waals surface area contributed by atoms with Crippen molar-refractivity contribution in [2.45, 2.75) is 45.8 Å². The van der Waals surface area contributed by atoms with E-state index < -0.39 is 23.8 Å². The molecule has 1 aromatic heterocycles. The Bertz CT molecular complexity index is 1600. The maximum Gasteiger partial charge on any atom is 0.326 e. The second kappa shape index (κ2) is 13.4. The van der Waals surface area contributed by atoms with Crippen LogP contribution in [0.4, 0.5) is 0 Å². The molecule has 0 bridgehead atoms. The number of likely N-dealkylation sites (tertiary alicyclic amines) is 2. The molecule has 240 valence electrons. The van der Waals surface area contributed by atoms with Gasteiger partial charge in [-0.05, 0) is 68.0 Å². The van der Waals surface area contributed by atoms with Gasteiger partial charge in [0.25, 0.3) is 5.91 Å². The smallest absolute Gasteiger partial charge is 0.326 e. The summed E-state index contributed by atoms with van der Waals surface area (Å²) in [7, 11) is 1.52. The van der Waals surface area contributed by atoms with Gasteiger partial charge in [0.2, 0.25) is 11.8 Å². The van der Waals surface area contributed by atoms with Crippen LogP contribution in [0.1, 0.15) is 43.1 Å². The molecule has 2 aliphatic rings. The van der Waals surface area contributed by atoms with Gasteiger partial charge in [0.05, 0.1) is 25.6 Å². The van der Waals surface area contributed by atoms with Crippen LogP contribution >= 0.6 is 11.6 Å². The van der Waals surface area contributed by atoms with Crippen molar-refractivity contribution in [1.82, 2.24) is 20.1 Å². The van der Waals surface area contributed by atoms with Gasteiger partial charge in [0, 0.05) is 53.9 Å². The lowest BCUT2D eigenvalue weighted by molar-refractivity contribution is -0.145. The number of ether oxygens (including phenoxy) is 2. The fourth-order valence-electron chi connectivity index (χ4n) is 6.45. The Kier molecular flexibility index (Phi) is 9.57. The van der Waals surface area contributed by atoms with Gasteiger partial charge in [-0.3, -0.25) is 14.4 Å². The fourth-order valence-corrected chi connectivity index (χ4v) is 6.63. The van der Waals surface area contributed by atoms with Gasteiger partial charge in [-0.2, -0.15) is 0 Å². The minimum Gasteiger partial charge on any atom is -0.493 e. The molecule has 2 aromatic carbocycles. The lowest BCUT2D eigenvalue weighted by atomic mass is 9.79. The van der Waals surface area contributed by atoms with Crippen LogP contribution in [0.3, 0.4) is 0 Å². The van der Waals surface area contributed by atoms with Crippen LogP contribution in [0.2, 0.25) is 5.02 Å². The van der Waals surface area contributed by atoms with E-state index in [9.17, 15) is 24.3 Å². The zero-order valence-corrected chi connectivity index (χ0v) is 26.6. The Morgan fingerprint density at radius 3 is 2.49 bits per heavy atom. The molecule has 0 radical (unpaired) electrons. The van der Waals surface area contributed by atoms with Crippen molar-refractivity contribution in [1.29, 1.82) is 0 Å². The monoisotopic (exact) mass is 638 g/mol. The molecule has 3 amide bonds. The summed E-state index contributed by atoms with van der Waals surface area (Å²) < 4.78 is 11.3. The van der Waals surface area contributed by atoms with E-state index >= 15 is 0 Å². The number of methoxy groups -OCH3 is 1. The highest BCUT2D eigenvalue weighted by Gasteiger charge is 2.48. The summed E-state index contributed by atoms with van der Waals surface area (Å²) in [4.78, 5) is 59.3. The Morgan fingerprint density at radius 2 is 1.80 bits per heavy atom. The van der Waals surface area contributed by atoms with Crippen LogP contribution in [0, 0.1) is 17.8 Å².